The Bertz CT molecular complexity index is 1430. The summed E-state index contributed by atoms with van der Waals surface area (Å²) >= 11 is 0. The van der Waals surface area contributed by atoms with Gasteiger partial charge in [0.15, 0.2) is 6.61 Å². The number of halogens is 1. The number of benzene rings is 2. The number of nitro benzene ring substituents is 1. The molecule has 10 nitrogen and oxygen atoms in total. The lowest BCUT2D eigenvalue weighted by molar-refractivity contribution is -0.385. The molecular formula is C24H18FN3O7. The van der Waals surface area contributed by atoms with Crippen molar-refractivity contribution in [3.63, 3.8) is 0 Å². The van der Waals surface area contributed by atoms with Crippen LogP contribution >= 0.6 is 0 Å². The standard InChI is InChI=1S/C24H18FN3O7/c1-13-9-18(14(2)27(13)16-6-3-5-15(25)10-16)20(29)12-35-21(30)11-26-23(31)17-7-4-8-19(28(33)34)22(17)24(26)32/h3-10H,11-12H2,1-2H3. The largest absolute Gasteiger partial charge is 0.456 e. The summed E-state index contributed by atoms with van der Waals surface area (Å²) in [6, 6.07) is 11.0. The molecule has 2 aromatic carbocycles. The molecule has 0 bridgehead atoms. The Morgan fingerprint density at radius 3 is 2.46 bits per heavy atom. The molecule has 0 saturated carbocycles. The molecule has 0 aliphatic carbocycles. The van der Waals surface area contributed by atoms with Crippen LogP contribution in [0, 0.1) is 29.8 Å². The number of aryl methyl sites for hydroxylation is 1. The third-order valence-electron chi connectivity index (χ3n) is 5.62. The van der Waals surface area contributed by atoms with Crippen molar-refractivity contribution in [3.05, 3.63) is 92.5 Å². The number of hydrogen-bond donors (Lipinski definition) is 0. The molecule has 178 valence electrons. The van der Waals surface area contributed by atoms with Gasteiger partial charge in [-0.15, -0.1) is 0 Å². The number of rotatable bonds is 7. The number of ketones is 1. The van der Waals surface area contributed by atoms with Gasteiger partial charge in [0.05, 0.1) is 10.5 Å². The quantitative estimate of drug-likeness (QED) is 0.167. The minimum Gasteiger partial charge on any atom is -0.456 e. The van der Waals surface area contributed by atoms with Gasteiger partial charge in [-0.3, -0.25) is 34.2 Å². The second-order valence-corrected chi connectivity index (χ2v) is 7.84. The van der Waals surface area contributed by atoms with Gasteiger partial charge in [0.25, 0.3) is 17.5 Å². The topological polar surface area (TPSA) is 129 Å². The first-order chi connectivity index (χ1) is 16.6. The maximum atomic E-state index is 13.6. The number of carbonyl (C=O) groups is 4. The van der Waals surface area contributed by atoms with Crippen molar-refractivity contribution in [2.45, 2.75) is 13.8 Å². The third-order valence-corrected chi connectivity index (χ3v) is 5.62. The Hall–Kier alpha value is -4.67. The average Bonchev–Trinajstić information content (AvgIpc) is 3.25. The molecule has 35 heavy (non-hydrogen) atoms. The molecule has 1 aliphatic heterocycles. The van der Waals surface area contributed by atoms with Crippen molar-refractivity contribution >= 4 is 29.3 Å². The molecule has 11 heteroatoms. The summed E-state index contributed by atoms with van der Waals surface area (Å²) in [6.07, 6.45) is 0. The van der Waals surface area contributed by atoms with Crippen LogP contribution < -0.4 is 0 Å². The monoisotopic (exact) mass is 479 g/mol. The normalized spacial score (nSPS) is 12.6. The van der Waals surface area contributed by atoms with Crippen molar-refractivity contribution in [2.75, 3.05) is 13.2 Å². The first kappa shape index (κ1) is 23.5. The molecule has 0 radical (unpaired) electrons. The van der Waals surface area contributed by atoms with Gasteiger partial charge in [-0.2, -0.15) is 0 Å². The van der Waals surface area contributed by atoms with Crippen LogP contribution in [0.2, 0.25) is 0 Å². The smallest absolute Gasteiger partial charge is 0.326 e. The molecular weight excluding hydrogens is 461 g/mol. The average molecular weight is 479 g/mol. The van der Waals surface area contributed by atoms with E-state index in [4.69, 9.17) is 4.74 Å². The Kier molecular flexibility index (Phi) is 6.00. The molecule has 3 aromatic rings. The van der Waals surface area contributed by atoms with E-state index in [9.17, 15) is 33.7 Å². The van der Waals surface area contributed by atoms with Crippen LogP contribution in [0.25, 0.3) is 5.69 Å². The lowest BCUT2D eigenvalue weighted by atomic mass is 10.1. The highest BCUT2D eigenvalue weighted by Crippen LogP contribution is 2.30. The minimum absolute atomic E-state index is 0.183. The van der Waals surface area contributed by atoms with E-state index in [0.29, 0.717) is 22.0 Å². The predicted molar refractivity (Wildman–Crippen MR) is 119 cm³/mol. The van der Waals surface area contributed by atoms with E-state index in [0.717, 1.165) is 6.07 Å². The number of aromatic nitrogens is 1. The summed E-state index contributed by atoms with van der Waals surface area (Å²) in [5.74, 6) is -3.85. The molecule has 0 fully saturated rings. The van der Waals surface area contributed by atoms with Gasteiger partial charge >= 0.3 is 5.97 Å². The van der Waals surface area contributed by atoms with Gasteiger partial charge in [0.1, 0.15) is 17.9 Å². The van der Waals surface area contributed by atoms with Crippen LogP contribution in [0.15, 0.2) is 48.5 Å². The molecule has 1 aliphatic rings. The molecule has 2 heterocycles. The van der Waals surface area contributed by atoms with Gasteiger partial charge in [0.2, 0.25) is 5.78 Å². The zero-order valence-electron chi connectivity index (χ0n) is 18.6. The lowest BCUT2D eigenvalue weighted by Crippen LogP contribution is -2.36. The van der Waals surface area contributed by atoms with E-state index < -0.39 is 58.7 Å². The molecule has 4 rings (SSSR count). The van der Waals surface area contributed by atoms with Crippen molar-refractivity contribution in [3.8, 4) is 5.69 Å². The number of imide groups is 1. The summed E-state index contributed by atoms with van der Waals surface area (Å²) in [4.78, 5) is 61.0. The summed E-state index contributed by atoms with van der Waals surface area (Å²) in [6.45, 7) is 1.94. The van der Waals surface area contributed by atoms with E-state index in [-0.39, 0.29) is 11.1 Å². The van der Waals surface area contributed by atoms with Crippen molar-refractivity contribution in [1.82, 2.24) is 9.47 Å². The van der Waals surface area contributed by atoms with Gasteiger partial charge in [0, 0.05) is 28.7 Å². The highest BCUT2D eigenvalue weighted by atomic mass is 19.1. The van der Waals surface area contributed by atoms with Crippen LogP contribution in [0.3, 0.4) is 0 Å². The molecule has 1 aromatic heterocycles. The molecule has 2 amide bonds. The SMILES string of the molecule is Cc1cc(C(=O)COC(=O)CN2C(=O)c3cccc([N+](=O)[O-])c3C2=O)c(C)n1-c1cccc(F)c1. The molecule has 0 unspecified atom stereocenters. The van der Waals surface area contributed by atoms with Crippen LogP contribution in [0.4, 0.5) is 10.1 Å². The number of amides is 2. The Labute approximate surface area is 197 Å². The first-order valence-electron chi connectivity index (χ1n) is 10.4. The third kappa shape index (κ3) is 4.19. The first-order valence-corrected chi connectivity index (χ1v) is 10.4. The highest BCUT2D eigenvalue weighted by Gasteiger charge is 2.42. The van der Waals surface area contributed by atoms with Crippen LogP contribution in [-0.4, -0.2) is 51.1 Å². The number of hydrogen-bond acceptors (Lipinski definition) is 7. The minimum atomic E-state index is -1.03. The Morgan fingerprint density at radius 2 is 1.77 bits per heavy atom. The van der Waals surface area contributed by atoms with Gasteiger partial charge in [-0.05, 0) is 44.2 Å². The zero-order chi connectivity index (χ0) is 25.4. The lowest BCUT2D eigenvalue weighted by Gasteiger charge is -2.13. The van der Waals surface area contributed by atoms with Gasteiger partial charge in [-0.25, -0.2) is 4.39 Å². The van der Waals surface area contributed by atoms with Gasteiger partial charge in [-0.1, -0.05) is 12.1 Å². The number of ether oxygens (including phenoxy) is 1. The number of Topliss-reactive ketones (excluding diaryl/α,β-unsaturated/α-hetero) is 1. The summed E-state index contributed by atoms with van der Waals surface area (Å²) in [7, 11) is 0. The molecule has 0 saturated heterocycles. The second kappa shape index (κ2) is 8.93. The molecule has 0 spiro atoms. The number of nitro groups is 1. The predicted octanol–water partition coefficient (Wildman–Crippen LogP) is 3.16. The number of fused-ring (bicyclic) bond motifs is 1. The summed E-state index contributed by atoms with van der Waals surface area (Å²) in [5.41, 5.74) is 0.846. The van der Waals surface area contributed by atoms with Crippen molar-refractivity contribution in [2.24, 2.45) is 0 Å². The second-order valence-electron chi connectivity index (χ2n) is 7.84. The maximum absolute atomic E-state index is 13.6. The van der Waals surface area contributed by atoms with E-state index in [2.05, 4.69) is 0 Å². The van der Waals surface area contributed by atoms with Crippen LogP contribution in [0.5, 0.6) is 0 Å². The fourth-order valence-electron chi connectivity index (χ4n) is 4.07. The van der Waals surface area contributed by atoms with E-state index >= 15 is 0 Å². The highest BCUT2D eigenvalue weighted by molar-refractivity contribution is 6.24. The fourth-order valence-corrected chi connectivity index (χ4v) is 4.07. The Balaban J connectivity index is 1.45. The summed E-state index contributed by atoms with van der Waals surface area (Å²) in [5, 5.41) is 11.2. The van der Waals surface area contributed by atoms with E-state index in [1.54, 1.807) is 36.6 Å². The van der Waals surface area contributed by atoms with Crippen molar-refractivity contribution < 1.29 is 33.2 Å². The van der Waals surface area contributed by atoms with Gasteiger partial charge < -0.3 is 9.30 Å². The Morgan fingerprint density at radius 1 is 1.06 bits per heavy atom. The maximum Gasteiger partial charge on any atom is 0.326 e. The number of esters is 1. The number of nitrogens with zero attached hydrogens (tertiary/aromatic N) is 3. The van der Waals surface area contributed by atoms with E-state index in [1.807, 2.05) is 0 Å². The number of carbonyl (C=O) groups excluding carboxylic acids is 4. The van der Waals surface area contributed by atoms with Crippen molar-refractivity contribution in [1.29, 1.82) is 0 Å². The zero-order valence-corrected chi connectivity index (χ0v) is 18.6. The fraction of sp³-hybridized carbons (Fsp3) is 0.167. The summed E-state index contributed by atoms with van der Waals surface area (Å²) < 4.78 is 20.3. The molecule has 0 N–H and O–H groups in total. The van der Waals surface area contributed by atoms with Crippen LogP contribution in [-0.2, 0) is 9.53 Å². The van der Waals surface area contributed by atoms with E-state index in [1.165, 1.54) is 24.3 Å². The van der Waals surface area contributed by atoms with Crippen LogP contribution in [0.1, 0.15) is 42.5 Å². The molecule has 0 atom stereocenters.